The molecule has 7 rings (SSSR count). The van der Waals surface area contributed by atoms with Crippen LogP contribution in [0.4, 0.5) is 11.4 Å². The van der Waals surface area contributed by atoms with Crippen LogP contribution >= 0.6 is 33.0 Å². The fourth-order valence-corrected chi connectivity index (χ4v) is 5.48. The van der Waals surface area contributed by atoms with Crippen molar-refractivity contribution in [2.75, 3.05) is 11.1 Å². The number of rotatable bonds is 7. The number of hydrogen-bond donors (Lipinski definition) is 11. The summed E-state index contributed by atoms with van der Waals surface area (Å²) in [5.74, 6) is -4.81. The third-order valence-electron chi connectivity index (χ3n) is 8.02. The van der Waals surface area contributed by atoms with Gasteiger partial charge in [-0.2, -0.15) is 0 Å². The van der Waals surface area contributed by atoms with Gasteiger partial charge in [0.05, 0.1) is 40.8 Å². The summed E-state index contributed by atoms with van der Waals surface area (Å²) >= 11 is 5.12. The molecule has 0 saturated carbocycles. The van der Waals surface area contributed by atoms with Crippen LogP contribution in [0.15, 0.2) is 91.0 Å². The maximum Gasteiger partial charge on any atom is 0.307 e. The maximum atomic E-state index is 12.1. The number of carbonyl (C=O) groups excluding carboxylic acids is 6. The van der Waals surface area contributed by atoms with Crippen molar-refractivity contribution in [3.8, 4) is 34.5 Å². The molecular formula is C40H33Cl3N4O15S. The quantitative estimate of drug-likeness (QED) is 0.0463. The molecule has 330 valence electrons. The zero-order valence-corrected chi connectivity index (χ0v) is 34.9. The topological polar surface area (TPSA) is 340 Å². The molecule has 2 heterocycles. The monoisotopic (exact) mass is 946 g/mol. The number of amides is 5. The van der Waals surface area contributed by atoms with Crippen molar-refractivity contribution in [2.24, 2.45) is 0 Å². The van der Waals surface area contributed by atoms with E-state index in [9.17, 15) is 43.8 Å². The molecule has 0 radical (unpaired) electrons. The molecule has 19 nitrogen and oxygen atoms in total. The lowest BCUT2D eigenvalue weighted by atomic mass is 10.1. The van der Waals surface area contributed by atoms with Gasteiger partial charge in [-0.25, -0.2) is 4.21 Å². The molecule has 5 aromatic carbocycles. The number of benzene rings is 5. The van der Waals surface area contributed by atoms with E-state index in [0.717, 1.165) is 0 Å². The summed E-state index contributed by atoms with van der Waals surface area (Å²) in [6, 6.07) is 21.5. The molecule has 0 saturated heterocycles. The summed E-state index contributed by atoms with van der Waals surface area (Å²) in [5.41, 5.74) is 8.64. The molecule has 5 aromatic rings. The molecule has 0 atom stereocenters. The number of nitrogens with two attached hydrogens (primary N) is 1. The van der Waals surface area contributed by atoms with E-state index in [1.165, 1.54) is 66.7 Å². The lowest BCUT2D eigenvalue weighted by Gasteiger charge is -2.09. The average Bonchev–Trinajstić information content (AvgIpc) is 3.66. The first-order valence-electron chi connectivity index (χ1n) is 17.3. The van der Waals surface area contributed by atoms with Crippen molar-refractivity contribution in [3.05, 3.63) is 130 Å². The van der Waals surface area contributed by atoms with Crippen LogP contribution in [0.5, 0.6) is 34.5 Å². The Morgan fingerprint density at radius 3 is 1.38 bits per heavy atom. The smallest absolute Gasteiger partial charge is 0.307 e. The number of phenols is 6. The Kier molecular flexibility index (Phi) is 18.2. The Bertz CT molecular complexity index is 2560. The molecule has 2 aliphatic rings. The second kappa shape index (κ2) is 23.0. The number of carboxylic acid groups (broad SMARTS) is 1. The van der Waals surface area contributed by atoms with Crippen LogP contribution in [0.3, 0.4) is 0 Å². The minimum atomic E-state index is -1.67. The van der Waals surface area contributed by atoms with E-state index in [0.29, 0.717) is 33.5 Å². The molecule has 23 heteroatoms. The predicted octanol–water partition coefficient (Wildman–Crippen LogP) is 4.49. The van der Waals surface area contributed by atoms with E-state index in [2.05, 4.69) is 37.3 Å². The van der Waals surface area contributed by atoms with Gasteiger partial charge >= 0.3 is 5.97 Å². The van der Waals surface area contributed by atoms with Crippen molar-refractivity contribution in [1.29, 1.82) is 0 Å². The molecule has 0 spiro atoms. The summed E-state index contributed by atoms with van der Waals surface area (Å²) in [5, 5.41) is 69.2. The van der Waals surface area contributed by atoms with Gasteiger partial charge in [0.2, 0.25) is 20.4 Å². The highest BCUT2D eigenvalue weighted by Crippen LogP contribution is 2.28. The average molecular weight is 948 g/mol. The number of carbonyl (C=O) groups is 7. The van der Waals surface area contributed by atoms with Gasteiger partial charge < -0.3 is 46.8 Å². The number of phenolic OH excluding ortho intramolecular Hbond substituents is 6. The van der Waals surface area contributed by atoms with Crippen molar-refractivity contribution >= 4 is 94.3 Å². The first kappa shape index (κ1) is 50.0. The maximum absolute atomic E-state index is 12.1. The Hall–Kier alpha value is -7.39. The van der Waals surface area contributed by atoms with E-state index >= 15 is 0 Å². The van der Waals surface area contributed by atoms with Gasteiger partial charge in [0.1, 0.15) is 0 Å². The second-order valence-electron chi connectivity index (χ2n) is 12.5. The standard InChI is InChI=1S/C16H12N2O5.C8H7ClO3.C8H6N2O2.C8H8O4.Cl2OS/c19-11-5-4-8(6-12(11)20)7-13(21)17-10-3-1-2-9-14(10)16(23)18-15(9)22;9-8(12)4-5-1-2-6(10)7(11)3-5;9-5-3-1-2-4-6(5)8(12)10-7(4)11;9-6-2-1-5(3-7(6)10)4-8(11)12;1-4(2)3/h1-6,19-20H,7H2,(H,17,21)(H,18,22,23);1-3,10-11H,4H2;1-3H,9H2,(H,10,11,12);1-3,9-10H,4H2,(H,11,12);. The van der Waals surface area contributed by atoms with E-state index in [4.69, 9.17) is 47.1 Å². The molecule has 2 aliphatic heterocycles. The summed E-state index contributed by atoms with van der Waals surface area (Å²) < 4.78 is 9.09. The van der Waals surface area contributed by atoms with Gasteiger partial charge in [0, 0.05) is 33.5 Å². The summed E-state index contributed by atoms with van der Waals surface area (Å²) in [7, 11) is 7.36. The lowest BCUT2D eigenvalue weighted by molar-refractivity contribution is -0.136. The normalized spacial score (nSPS) is 11.6. The molecule has 63 heavy (non-hydrogen) atoms. The van der Waals surface area contributed by atoms with Gasteiger partial charge in [0.25, 0.3) is 23.6 Å². The highest BCUT2D eigenvalue weighted by atomic mass is 36.0. The first-order chi connectivity index (χ1) is 29.6. The van der Waals surface area contributed by atoms with Gasteiger partial charge in [-0.15, -0.1) is 0 Å². The fraction of sp³-hybridized carbons (Fsp3) is 0.0750. The van der Waals surface area contributed by atoms with Crippen LogP contribution in [0, 0.1) is 0 Å². The zero-order chi connectivity index (χ0) is 47.1. The highest BCUT2D eigenvalue weighted by molar-refractivity contribution is 8.26. The largest absolute Gasteiger partial charge is 0.504 e. The van der Waals surface area contributed by atoms with E-state index in [1.54, 1.807) is 24.3 Å². The predicted molar refractivity (Wildman–Crippen MR) is 228 cm³/mol. The van der Waals surface area contributed by atoms with E-state index in [1.807, 2.05) is 0 Å². The number of anilines is 2. The molecule has 12 N–H and O–H groups in total. The van der Waals surface area contributed by atoms with Crippen LogP contribution in [-0.4, -0.2) is 80.7 Å². The summed E-state index contributed by atoms with van der Waals surface area (Å²) in [4.78, 5) is 78.2. The van der Waals surface area contributed by atoms with Crippen molar-refractivity contribution < 1.29 is 73.5 Å². The van der Waals surface area contributed by atoms with E-state index in [-0.39, 0.29) is 76.5 Å². The van der Waals surface area contributed by atoms with Crippen LogP contribution in [0.2, 0.25) is 0 Å². The van der Waals surface area contributed by atoms with Gasteiger partial charge in [0.15, 0.2) is 34.5 Å². The summed E-state index contributed by atoms with van der Waals surface area (Å²) in [6.07, 6.45) is -0.170. The number of aromatic hydroxyl groups is 6. The number of nitrogens with one attached hydrogen (secondary N) is 3. The number of halogens is 3. The number of aliphatic carboxylic acids is 1. The first-order valence-corrected chi connectivity index (χ1v) is 20.5. The van der Waals surface area contributed by atoms with E-state index < -0.39 is 44.1 Å². The zero-order valence-electron chi connectivity index (χ0n) is 31.8. The minimum absolute atomic E-state index is 0.0510. The Labute approximate surface area is 371 Å². The van der Waals surface area contributed by atoms with Gasteiger partial charge in [-0.3, -0.25) is 44.2 Å². The molecule has 0 aromatic heterocycles. The Morgan fingerprint density at radius 1 is 0.571 bits per heavy atom. The van der Waals surface area contributed by atoms with Crippen LogP contribution in [-0.2, 0) is 42.9 Å². The number of nitrogen functional groups attached to an aromatic ring is 1. The molecule has 0 fully saturated rings. The molecule has 5 amide bonds. The third kappa shape index (κ3) is 15.2. The van der Waals surface area contributed by atoms with Crippen LogP contribution in [0.25, 0.3) is 0 Å². The number of carboxylic acids is 1. The molecule has 0 unspecified atom stereocenters. The minimum Gasteiger partial charge on any atom is -0.504 e. The van der Waals surface area contributed by atoms with Crippen molar-refractivity contribution in [1.82, 2.24) is 10.6 Å². The SMILES string of the molecule is Nc1cccc2c1C(=O)NC2=O.O=C(Cc1ccc(O)c(O)c1)Nc1cccc2c1C(=O)NC2=O.O=C(Cl)Cc1ccc(O)c(O)c1.O=C(O)Cc1ccc(O)c(O)c1.O=S(Cl)Cl. The highest BCUT2D eigenvalue weighted by Gasteiger charge is 2.30. The number of imide groups is 2. The lowest BCUT2D eigenvalue weighted by Crippen LogP contribution is -2.21. The van der Waals surface area contributed by atoms with Crippen molar-refractivity contribution in [2.45, 2.75) is 19.3 Å². The van der Waals surface area contributed by atoms with Gasteiger partial charge in [-0.05, 0) is 89.0 Å². The number of hydrogen-bond acceptors (Lipinski definition) is 15. The third-order valence-corrected chi connectivity index (χ3v) is 8.15. The number of fused-ring (bicyclic) bond motifs is 2. The second-order valence-corrected chi connectivity index (χ2v) is 15.5. The van der Waals surface area contributed by atoms with Crippen LogP contribution < -0.4 is 21.7 Å². The summed E-state index contributed by atoms with van der Waals surface area (Å²) in [6.45, 7) is 0. The Morgan fingerprint density at radius 2 is 0.968 bits per heavy atom. The van der Waals surface area contributed by atoms with Crippen LogP contribution in [0.1, 0.15) is 58.1 Å². The fourth-order valence-electron chi connectivity index (χ4n) is 5.32. The Balaban J connectivity index is 0.000000228. The molecule has 0 aliphatic carbocycles. The molecule has 0 bridgehead atoms. The van der Waals surface area contributed by atoms with Crippen molar-refractivity contribution in [3.63, 3.8) is 0 Å². The molecular weight excluding hydrogens is 915 g/mol. The van der Waals surface area contributed by atoms with Gasteiger partial charge in [-0.1, -0.05) is 30.3 Å².